The highest BCUT2D eigenvalue weighted by atomic mass is 16.3. The first-order chi connectivity index (χ1) is 20.4. The van der Waals surface area contributed by atoms with Crippen LogP contribution in [0.4, 0.5) is 5.69 Å². The molecule has 1 saturated heterocycles. The minimum absolute atomic E-state index is 0.0600. The summed E-state index contributed by atoms with van der Waals surface area (Å²) in [4.78, 5) is 43.2. The van der Waals surface area contributed by atoms with Gasteiger partial charge in [-0.1, -0.05) is 12.1 Å². The van der Waals surface area contributed by atoms with Crippen molar-refractivity contribution in [2.24, 2.45) is 27.6 Å². The minimum Gasteiger partial charge on any atom is -0.395 e. The van der Waals surface area contributed by atoms with E-state index in [9.17, 15) is 14.7 Å². The molecule has 3 aliphatic rings. The van der Waals surface area contributed by atoms with Gasteiger partial charge in [0.2, 0.25) is 18.7 Å². The molecule has 1 aliphatic heterocycles. The molecule has 0 radical (unpaired) electrons. The molecule has 3 fully saturated rings. The number of piperazine rings is 1. The van der Waals surface area contributed by atoms with E-state index in [4.69, 9.17) is 21.3 Å². The fraction of sp³-hybridized carbons (Fsp3) is 0.613. The maximum Gasteiger partial charge on any atom is 0.242 e. The summed E-state index contributed by atoms with van der Waals surface area (Å²) in [5, 5.41) is 12.3. The number of nitrogens with two attached hydrogens (primary N) is 3. The standard InChI is InChI=1S/C30H47N7O3.CH3NO/c1-22(37(14-15-38)26-19-30(20-26)17-24(31)18-30)16-23-4-6-25(7-5-23)34-27(8-9-33-21-39)35-10-12-36(13-11-35)28(40)29(2,3)32;2-1-3/h4-9,21-22,24,26,38H,10-20,31-32H2,1-3H3,(H,33,39);1H,(H2,2,3)/b9-8-,34-27?;. The molecule has 1 spiro atoms. The molecular weight excluding hydrogens is 548 g/mol. The van der Waals surface area contributed by atoms with Crippen LogP contribution >= 0.6 is 0 Å². The van der Waals surface area contributed by atoms with Gasteiger partial charge in [0.05, 0.1) is 17.8 Å². The zero-order valence-corrected chi connectivity index (χ0v) is 25.8. The summed E-state index contributed by atoms with van der Waals surface area (Å²) in [7, 11) is 0. The number of benzene rings is 1. The van der Waals surface area contributed by atoms with Gasteiger partial charge in [-0.25, -0.2) is 4.99 Å². The Balaban J connectivity index is 0.00000162. The number of aliphatic imine (C=N–C) groups is 1. The number of primary amides is 1. The fourth-order valence-corrected chi connectivity index (χ4v) is 6.66. The van der Waals surface area contributed by atoms with Gasteiger partial charge in [0.1, 0.15) is 5.84 Å². The molecule has 1 aromatic carbocycles. The molecule has 1 aromatic rings. The summed E-state index contributed by atoms with van der Waals surface area (Å²) >= 11 is 0. The second-order valence-electron chi connectivity index (χ2n) is 12.6. The van der Waals surface area contributed by atoms with Crippen LogP contribution in [0.25, 0.3) is 0 Å². The maximum atomic E-state index is 12.6. The first-order valence-corrected chi connectivity index (χ1v) is 15.1. The molecule has 1 atom stereocenters. The van der Waals surface area contributed by atoms with Gasteiger partial charge in [-0.05, 0) is 82.1 Å². The van der Waals surface area contributed by atoms with Gasteiger partial charge >= 0.3 is 0 Å². The Labute approximate surface area is 255 Å². The lowest BCUT2D eigenvalue weighted by Gasteiger charge is -2.60. The van der Waals surface area contributed by atoms with Crippen molar-refractivity contribution < 1.29 is 19.5 Å². The number of hydrogen-bond acceptors (Lipinski definition) is 8. The van der Waals surface area contributed by atoms with E-state index in [2.05, 4.69) is 39.9 Å². The molecule has 238 valence electrons. The van der Waals surface area contributed by atoms with E-state index < -0.39 is 5.54 Å². The number of amides is 3. The van der Waals surface area contributed by atoms with E-state index in [1.54, 1.807) is 31.0 Å². The Morgan fingerprint density at radius 3 is 2.23 bits per heavy atom. The lowest BCUT2D eigenvalue weighted by Crippen LogP contribution is -2.61. The number of rotatable bonds is 11. The topological polar surface area (TPSA) is 184 Å². The molecule has 1 heterocycles. The number of nitrogens with one attached hydrogen (secondary N) is 1. The van der Waals surface area contributed by atoms with E-state index in [-0.39, 0.29) is 18.9 Å². The second-order valence-corrected chi connectivity index (χ2v) is 12.6. The van der Waals surface area contributed by atoms with Gasteiger partial charge in [-0.2, -0.15) is 0 Å². The van der Waals surface area contributed by atoms with Crippen LogP contribution in [-0.2, 0) is 20.8 Å². The molecule has 43 heavy (non-hydrogen) atoms. The first kappa shape index (κ1) is 34.2. The molecule has 2 aliphatic carbocycles. The molecule has 1 unspecified atom stereocenters. The van der Waals surface area contributed by atoms with Gasteiger partial charge < -0.3 is 37.4 Å². The van der Waals surface area contributed by atoms with Crippen molar-refractivity contribution in [2.75, 3.05) is 39.3 Å². The van der Waals surface area contributed by atoms with Crippen molar-refractivity contribution in [3.05, 3.63) is 42.1 Å². The number of carbonyl (C=O) groups is 3. The Bertz CT molecular complexity index is 1110. The lowest BCUT2D eigenvalue weighted by molar-refractivity contribution is -0.137. The number of hydrogen-bond donors (Lipinski definition) is 5. The smallest absolute Gasteiger partial charge is 0.242 e. The van der Waals surface area contributed by atoms with E-state index in [1.807, 2.05) is 12.1 Å². The monoisotopic (exact) mass is 598 g/mol. The summed E-state index contributed by atoms with van der Waals surface area (Å²) in [6, 6.07) is 9.49. The Morgan fingerprint density at radius 2 is 1.72 bits per heavy atom. The molecule has 12 heteroatoms. The lowest BCUT2D eigenvalue weighted by atomic mass is 9.52. The summed E-state index contributed by atoms with van der Waals surface area (Å²) in [6.07, 6.45) is 9.80. The van der Waals surface area contributed by atoms with Gasteiger partial charge in [-0.3, -0.25) is 19.3 Å². The Kier molecular flexibility index (Phi) is 12.3. The summed E-state index contributed by atoms with van der Waals surface area (Å²) < 4.78 is 0. The molecule has 12 nitrogen and oxygen atoms in total. The third-order valence-corrected chi connectivity index (χ3v) is 8.67. The van der Waals surface area contributed by atoms with Crippen LogP contribution in [0.1, 0.15) is 52.0 Å². The zero-order valence-electron chi connectivity index (χ0n) is 25.8. The van der Waals surface area contributed by atoms with Crippen molar-refractivity contribution in [3.63, 3.8) is 0 Å². The predicted molar refractivity (Wildman–Crippen MR) is 168 cm³/mol. The van der Waals surface area contributed by atoms with Crippen LogP contribution in [-0.4, -0.2) is 107 Å². The predicted octanol–water partition coefficient (Wildman–Crippen LogP) is 0.455. The minimum atomic E-state index is -0.897. The summed E-state index contributed by atoms with van der Waals surface area (Å²) in [5.74, 6) is 0.661. The SMILES string of the molecule is CC(Cc1ccc(N=C(/C=C\NC=O)N2CCN(C(=O)C(C)(C)N)CC2)cc1)N(CCO)C1CC2(CC(N)C2)C1.NC=O. The Hall–Kier alpha value is -3.32. The van der Waals surface area contributed by atoms with Crippen LogP contribution in [0.5, 0.6) is 0 Å². The first-order valence-electron chi connectivity index (χ1n) is 15.1. The molecule has 2 saturated carbocycles. The normalized spacial score (nSPS) is 24.6. The third kappa shape index (κ3) is 9.33. The van der Waals surface area contributed by atoms with Crippen LogP contribution in [0, 0.1) is 5.41 Å². The van der Waals surface area contributed by atoms with Crippen molar-refractivity contribution in [2.45, 2.75) is 76.5 Å². The number of aliphatic hydroxyl groups excluding tert-OH is 1. The average molecular weight is 599 g/mol. The fourth-order valence-electron chi connectivity index (χ4n) is 6.66. The van der Waals surface area contributed by atoms with E-state index >= 15 is 0 Å². The largest absolute Gasteiger partial charge is 0.395 e. The quantitative estimate of drug-likeness (QED) is 0.138. The van der Waals surface area contributed by atoms with Crippen molar-refractivity contribution in [1.29, 1.82) is 0 Å². The second kappa shape index (κ2) is 15.4. The van der Waals surface area contributed by atoms with Gasteiger partial charge in [0.25, 0.3) is 0 Å². The van der Waals surface area contributed by atoms with Crippen LogP contribution in [0.2, 0.25) is 0 Å². The van der Waals surface area contributed by atoms with E-state index in [1.165, 1.54) is 18.4 Å². The highest BCUT2D eigenvalue weighted by Crippen LogP contribution is 2.56. The molecule has 4 rings (SSSR count). The molecule has 8 N–H and O–H groups in total. The van der Waals surface area contributed by atoms with Crippen molar-refractivity contribution in [1.82, 2.24) is 20.0 Å². The van der Waals surface area contributed by atoms with Gasteiger partial charge in [0, 0.05) is 57.0 Å². The van der Waals surface area contributed by atoms with Crippen LogP contribution in [0.15, 0.2) is 41.5 Å². The maximum absolute atomic E-state index is 12.6. The zero-order chi connectivity index (χ0) is 31.6. The molecule has 0 bridgehead atoms. The number of amidine groups is 1. The van der Waals surface area contributed by atoms with Crippen LogP contribution < -0.4 is 22.5 Å². The molecular formula is C31H50N8O4. The van der Waals surface area contributed by atoms with Gasteiger partial charge in [0.15, 0.2) is 0 Å². The Morgan fingerprint density at radius 1 is 1.14 bits per heavy atom. The molecule has 3 amide bonds. The van der Waals surface area contributed by atoms with E-state index in [0.29, 0.717) is 62.7 Å². The highest BCUT2D eigenvalue weighted by Gasteiger charge is 2.53. The highest BCUT2D eigenvalue weighted by molar-refractivity contribution is 5.95. The number of aliphatic hydroxyl groups is 1. The van der Waals surface area contributed by atoms with Crippen molar-refractivity contribution >= 4 is 30.3 Å². The van der Waals surface area contributed by atoms with Crippen molar-refractivity contribution in [3.8, 4) is 0 Å². The number of carbonyl (C=O) groups excluding carboxylic acids is 3. The van der Waals surface area contributed by atoms with Gasteiger partial charge in [-0.15, -0.1) is 0 Å². The summed E-state index contributed by atoms with van der Waals surface area (Å²) in [6.45, 7) is 8.93. The molecule has 0 aromatic heterocycles. The van der Waals surface area contributed by atoms with Crippen LogP contribution in [0.3, 0.4) is 0 Å². The van der Waals surface area contributed by atoms with E-state index in [0.717, 1.165) is 30.8 Å². The third-order valence-electron chi connectivity index (χ3n) is 8.67. The summed E-state index contributed by atoms with van der Waals surface area (Å²) in [5.41, 5.74) is 17.8. The average Bonchev–Trinajstić information content (AvgIpc) is 2.93. The number of nitrogens with zero attached hydrogens (tertiary/aromatic N) is 4.